The Hall–Kier alpha value is -2.39. The van der Waals surface area contributed by atoms with Crippen molar-refractivity contribution in [3.05, 3.63) is 64.7 Å². The first-order valence-corrected chi connectivity index (χ1v) is 11.3. The average Bonchev–Trinajstić information content (AvgIpc) is 3.37. The van der Waals surface area contributed by atoms with Crippen LogP contribution >= 0.6 is 11.6 Å². The van der Waals surface area contributed by atoms with E-state index in [0.717, 1.165) is 45.1 Å². The Morgan fingerprint density at radius 3 is 2.70 bits per heavy atom. The standard InChI is InChI=1S/C26H27ClN2O/c1-15-24(26(30)28-16(2)22-13-17-10-11-18(22)12-17)21-8-3-4-9-23(21)29-25(15)19-6-5-7-20(27)14-19/h3-9,14,16-18,22H,10-13H2,1-2H3,(H,28,30)/t16-,17-,18-,22+/m1/s1. The van der Waals surface area contributed by atoms with Gasteiger partial charge in [-0.2, -0.15) is 0 Å². The molecule has 1 aromatic heterocycles. The number of para-hydroxylation sites is 1. The minimum absolute atomic E-state index is 0.00431. The van der Waals surface area contributed by atoms with E-state index in [-0.39, 0.29) is 11.9 Å². The molecule has 1 heterocycles. The van der Waals surface area contributed by atoms with Gasteiger partial charge in [-0.3, -0.25) is 4.79 Å². The van der Waals surface area contributed by atoms with Crippen molar-refractivity contribution in [1.82, 2.24) is 10.3 Å². The molecule has 0 spiro atoms. The molecule has 2 fully saturated rings. The number of pyridine rings is 1. The number of amides is 1. The molecular formula is C26H27ClN2O. The molecule has 5 rings (SSSR count). The number of carbonyl (C=O) groups excluding carboxylic acids is 1. The third-order valence-electron chi connectivity index (χ3n) is 7.25. The summed E-state index contributed by atoms with van der Waals surface area (Å²) in [5, 5.41) is 4.92. The third kappa shape index (κ3) is 3.39. The van der Waals surface area contributed by atoms with E-state index in [1.165, 1.54) is 25.7 Å². The summed E-state index contributed by atoms with van der Waals surface area (Å²) >= 11 is 6.23. The number of benzene rings is 2. The molecule has 3 aromatic rings. The van der Waals surface area contributed by atoms with Crippen molar-refractivity contribution in [3.63, 3.8) is 0 Å². The topological polar surface area (TPSA) is 42.0 Å². The maximum Gasteiger partial charge on any atom is 0.252 e. The summed E-state index contributed by atoms with van der Waals surface area (Å²) in [6.45, 7) is 4.17. The number of aromatic nitrogens is 1. The second-order valence-corrected chi connectivity index (χ2v) is 9.53. The van der Waals surface area contributed by atoms with E-state index < -0.39 is 0 Å². The molecule has 0 radical (unpaired) electrons. The molecule has 2 saturated carbocycles. The van der Waals surface area contributed by atoms with Crippen LogP contribution in [0.1, 0.15) is 48.5 Å². The minimum atomic E-state index is 0.00431. The number of nitrogens with zero attached hydrogens (tertiary/aromatic N) is 1. The van der Waals surface area contributed by atoms with E-state index in [2.05, 4.69) is 12.2 Å². The van der Waals surface area contributed by atoms with Crippen LogP contribution in [-0.4, -0.2) is 16.9 Å². The predicted molar refractivity (Wildman–Crippen MR) is 123 cm³/mol. The Balaban J connectivity index is 1.54. The Kier molecular flexibility index (Phi) is 5.02. The molecule has 2 bridgehead atoms. The van der Waals surface area contributed by atoms with E-state index in [4.69, 9.17) is 16.6 Å². The maximum absolute atomic E-state index is 13.5. The van der Waals surface area contributed by atoms with Crippen LogP contribution in [-0.2, 0) is 0 Å². The summed E-state index contributed by atoms with van der Waals surface area (Å²) in [7, 11) is 0. The monoisotopic (exact) mass is 418 g/mol. The zero-order chi connectivity index (χ0) is 20.8. The highest BCUT2D eigenvalue weighted by molar-refractivity contribution is 6.30. The molecule has 2 aliphatic rings. The summed E-state index contributed by atoms with van der Waals surface area (Å²) < 4.78 is 0. The molecule has 30 heavy (non-hydrogen) atoms. The number of nitrogens with one attached hydrogen (secondary N) is 1. The van der Waals surface area contributed by atoms with Gasteiger partial charge in [-0.05, 0) is 74.6 Å². The van der Waals surface area contributed by atoms with Crippen molar-refractivity contribution < 1.29 is 4.79 Å². The Morgan fingerprint density at radius 2 is 1.97 bits per heavy atom. The quantitative estimate of drug-likeness (QED) is 0.531. The SMILES string of the molecule is Cc1c(-c2cccc(Cl)c2)nc2ccccc2c1C(=O)N[C@H](C)[C@@H]1C[C@@H]2CC[C@@H]1C2. The Labute approximate surface area is 182 Å². The number of fused-ring (bicyclic) bond motifs is 3. The van der Waals surface area contributed by atoms with Gasteiger partial charge in [-0.1, -0.05) is 48.4 Å². The van der Waals surface area contributed by atoms with E-state index in [1.54, 1.807) is 0 Å². The van der Waals surface area contributed by atoms with Gasteiger partial charge in [0.1, 0.15) is 0 Å². The van der Waals surface area contributed by atoms with Crippen molar-refractivity contribution >= 4 is 28.4 Å². The van der Waals surface area contributed by atoms with Gasteiger partial charge < -0.3 is 5.32 Å². The number of hydrogen-bond donors (Lipinski definition) is 1. The van der Waals surface area contributed by atoms with Crippen molar-refractivity contribution in [1.29, 1.82) is 0 Å². The highest BCUT2D eigenvalue weighted by Gasteiger charge is 2.42. The van der Waals surface area contributed by atoms with Gasteiger partial charge >= 0.3 is 0 Å². The normalized spacial score (nSPS) is 23.6. The van der Waals surface area contributed by atoms with Crippen LogP contribution < -0.4 is 5.32 Å². The summed E-state index contributed by atoms with van der Waals surface area (Å²) in [6.07, 6.45) is 5.31. The lowest BCUT2D eigenvalue weighted by Crippen LogP contribution is -2.40. The summed E-state index contributed by atoms with van der Waals surface area (Å²) in [5.41, 5.74) is 4.20. The van der Waals surface area contributed by atoms with Gasteiger partial charge in [0.25, 0.3) is 5.91 Å². The Morgan fingerprint density at radius 1 is 1.13 bits per heavy atom. The molecule has 2 aromatic carbocycles. The molecule has 2 aliphatic carbocycles. The highest BCUT2D eigenvalue weighted by atomic mass is 35.5. The molecular weight excluding hydrogens is 392 g/mol. The number of hydrogen-bond acceptors (Lipinski definition) is 2. The highest BCUT2D eigenvalue weighted by Crippen LogP contribution is 2.49. The Bertz CT molecular complexity index is 1130. The first-order chi connectivity index (χ1) is 14.5. The van der Waals surface area contributed by atoms with Crippen LogP contribution in [0.25, 0.3) is 22.2 Å². The maximum atomic E-state index is 13.5. The van der Waals surface area contributed by atoms with Crippen LogP contribution in [0.15, 0.2) is 48.5 Å². The number of rotatable bonds is 4. The van der Waals surface area contributed by atoms with Crippen LogP contribution in [0.4, 0.5) is 0 Å². The fraction of sp³-hybridized carbons (Fsp3) is 0.385. The largest absolute Gasteiger partial charge is 0.349 e. The average molecular weight is 419 g/mol. The van der Waals surface area contributed by atoms with Crippen molar-refractivity contribution in [3.8, 4) is 11.3 Å². The molecule has 154 valence electrons. The smallest absolute Gasteiger partial charge is 0.252 e. The molecule has 0 unspecified atom stereocenters. The van der Waals surface area contributed by atoms with Crippen LogP contribution in [0.3, 0.4) is 0 Å². The van der Waals surface area contributed by atoms with E-state index >= 15 is 0 Å². The summed E-state index contributed by atoms with van der Waals surface area (Å²) in [4.78, 5) is 18.4. The summed E-state index contributed by atoms with van der Waals surface area (Å²) in [6, 6.07) is 15.8. The first kappa shape index (κ1) is 19.6. The molecule has 4 heteroatoms. The zero-order valence-electron chi connectivity index (χ0n) is 17.5. The lowest BCUT2D eigenvalue weighted by Gasteiger charge is -2.29. The van der Waals surface area contributed by atoms with E-state index in [9.17, 15) is 4.79 Å². The van der Waals surface area contributed by atoms with Gasteiger partial charge in [0.15, 0.2) is 0 Å². The molecule has 1 N–H and O–H groups in total. The minimum Gasteiger partial charge on any atom is -0.349 e. The van der Waals surface area contributed by atoms with Gasteiger partial charge in [0, 0.05) is 22.0 Å². The summed E-state index contributed by atoms with van der Waals surface area (Å²) in [5.74, 6) is 2.26. The first-order valence-electron chi connectivity index (χ1n) is 11.0. The van der Waals surface area contributed by atoms with Crippen LogP contribution in [0.2, 0.25) is 5.02 Å². The van der Waals surface area contributed by atoms with Crippen molar-refractivity contribution in [2.75, 3.05) is 0 Å². The van der Waals surface area contributed by atoms with Gasteiger partial charge in [0.2, 0.25) is 0 Å². The second kappa shape index (κ2) is 7.70. The van der Waals surface area contributed by atoms with E-state index in [1.807, 2.05) is 55.5 Å². The van der Waals surface area contributed by atoms with Gasteiger partial charge in [0.05, 0.1) is 16.8 Å². The number of halogens is 1. The molecule has 0 saturated heterocycles. The zero-order valence-corrected chi connectivity index (χ0v) is 18.2. The van der Waals surface area contributed by atoms with Gasteiger partial charge in [-0.25, -0.2) is 4.98 Å². The van der Waals surface area contributed by atoms with Gasteiger partial charge in [-0.15, -0.1) is 0 Å². The fourth-order valence-electron chi connectivity index (χ4n) is 5.81. The molecule has 1 amide bonds. The fourth-order valence-corrected chi connectivity index (χ4v) is 6.00. The lowest BCUT2D eigenvalue weighted by atomic mass is 9.84. The lowest BCUT2D eigenvalue weighted by molar-refractivity contribution is 0.0916. The predicted octanol–water partition coefficient (Wildman–Crippen LogP) is 6.42. The molecule has 3 nitrogen and oxygen atoms in total. The second-order valence-electron chi connectivity index (χ2n) is 9.09. The van der Waals surface area contributed by atoms with E-state index in [0.29, 0.717) is 10.9 Å². The van der Waals surface area contributed by atoms with Crippen molar-refractivity contribution in [2.45, 2.75) is 45.6 Å². The molecule has 4 atom stereocenters. The van der Waals surface area contributed by atoms with Crippen LogP contribution in [0, 0.1) is 24.7 Å². The van der Waals surface area contributed by atoms with Crippen molar-refractivity contribution in [2.24, 2.45) is 17.8 Å². The van der Waals surface area contributed by atoms with Crippen LogP contribution in [0.5, 0.6) is 0 Å². The number of carbonyl (C=O) groups is 1. The third-order valence-corrected chi connectivity index (χ3v) is 7.49. The molecule has 0 aliphatic heterocycles.